The number of rotatable bonds is 4. The molecule has 2 saturated heterocycles. The van der Waals surface area contributed by atoms with Crippen LogP contribution in [0.1, 0.15) is 44.1 Å². The van der Waals surface area contributed by atoms with Crippen LogP contribution in [0.25, 0.3) is 0 Å². The molecule has 2 fully saturated rings. The molecule has 0 N–H and O–H groups in total. The van der Waals surface area contributed by atoms with E-state index in [2.05, 4.69) is 4.90 Å². The van der Waals surface area contributed by atoms with Gasteiger partial charge in [-0.15, -0.1) is 0 Å². The predicted octanol–water partition coefficient (Wildman–Crippen LogP) is 3.21. The zero-order chi connectivity index (χ0) is 17.6. The lowest BCUT2D eigenvalue weighted by atomic mass is 9.95. The van der Waals surface area contributed by atoms with Crippen LogP contribution in [-0.4, -0.2) is 46.8 Å². The minimum absolute atomic E-state index is 0.0367. The summed E-state index contributed by atoms with van der Waals surface area (Å²) in [5, 5.41) is 11.2. The molecule has 0 spiro atoms. The van der Waals surface area contributed by atoms with Crippen molar-refractivity contribution in [1.29, 1.82) is 0 Å². The van der Waals surface area contributed by atoms with E-state index in [9.17, 15) is 14.9 Å². The summed E-state index contributed by atoms with van der Waals surface area (Å²) in [7, 11) is 0. The molecular formula is C19H27N3O3. The van der Waals surface area contributed by atoms with Crippen molar-refractivity contribution in [1.82, 2.24) is 9.80 Å². The van der Waals surface area contributed by atoms with Gasteiger partial charge in [-0.05, 0) is 32.2 Å². The number of hydrogen-bond acceptors (Lipinski definition) is 4. The number of likely N-dealkylation sites (tertiary alicyclic amines) is 2. The molecule has 2 heterocycles. The number of nitrogens with zero attached hydrogens (tertiary/aromatic N) is 3. The van der Waals surface area contributed by atoms with Crippen molar-refractivity contribution >= 4 is 11.6 Å². The first-order valence-electron chi connectivity index (χ1n) is 9.38. The standard InChI is InChI=1S/C19H27N3O3/c23-19(21-12-5-1-2-6-13-21)17-9-7-11-20(15-17)14-16-8-3-4-10-18(16)22(24)25/h3-4,8,10,17H,1-2,5-7,9,11-15H2. The molecule has 136 valence electrons. The average Bonchev–Trinajstić information content (AvgIpc) is 2.91. The zero-order valence-electron chi connectivity index (χ0n) is 14.7. The molecular weight excluding hydrogens is 318 g/mol. The predicted molar refractivity (Wildman–Crippen MR) is 96.1 cm³/mol. The minimum atomic E-state index is -0.320. The Hall–Kier alpha value is -1.95. The number of hydrogen-bond donors (Lipinski definition) is 0. The van der Waals surface area contributed by atoms with Gasteiger partial charge >= 0.3 is 0 Å². The summed E-state index contributed by atoms with van der Waals surface area (Å²) in [4.78, 5) is 28.0. The smallest absolute Gasteiger partial charge is 0.273 e. The van der Waals surface area contributed by atoms with Gasteiger partial charge in [0.25, 0.3) is 5.69 Å². The molecule has 0 saturated carbocycles. The molecule has 1 atom stereocenters. The summed E-state index contributed by atoms with van der Waals surface area (Å²) >= 11 is 0. The normalized spacial score (nSPS) is 22.4. The van der Waals surface area contributed by atoms with Gasteiger partial charge in [-0.25, -0.2) is 0 Å². The van der Waals surface area contributed by atoms with E-state index >= 15 is 0 Å². The first-order chi connectivity index (χ1) is 12.1. The molecule has 0 aliphatic carbocycles. The molecule has 0 aromatic heterocycles. The second kappa shape index (κ2) is 8.43. The SMILES string of the molecule is O=C(C1CCCN(Cc2ccccc2[N+](=O)[O-])C1)N1CCCCCC1. The van der Waals surface area contributed by atoms with Crippen LogP contribution in [-0.2, 0) is 11.3 Å². The average molecular weight is 345 g/mol. The van der Waals surface area contributed by atoms with Crippen LogP contribution >= 0.6 is 0 Å². The summed E-state index contributed by atoms with van der Waals surface area (Å²) in [5.41, 5.74) is 0.902. The van der Waals surface area contributed by atoms with Crippen LogP contribution in [0.15, 0.2) is 24.3 Å². The van der Waals surface area contributed by atoms with Crippen molar-refractivity contribution in [2.45, 2.75) is 45.1 Å². The fourth-order valence-electron chi connectivity index (χ4n) is 4.01. The molecule has 25 heavy (non-hydrogen) atoms. The molecule has 1 amide bonds. The maximum Gasteiger partial charge on any atom is 0.273 e. The molecule has 3 rings (SSSR count). The fourth-order valence-corrected chi connectivity index (χ4v) is 4.01. The lowest BCUT2D eigenvalue weighted by molar-refractivity contribution is -0.385. The number of benzene rings is 1. The third-order valence-corrected chi connectivity index (χ3v) is 5.35. The van der Waals surface area contributed by atoms with E-state index in [1.807, 2.05) is 17.0 Å². The molecule has 6 heteroatoms. The van der Waals surface area contributed by atoms with Gasteiger partial charge in [-0.2, -0.15) is 0 Å². The van der Waals surface area contributed by atoms with Crippen LogP contribution in [0.5, 0.6) is 0 Å². The second-order valence-electron chi connectivity index (χ2n) is 7.20. The largest absolute Gasteiger partial charge is 0.342 e. The molecule has 1 aromatic carbocycles. The van der Waals surface area contributed by atoms with E-state index < -0.39 is 0 Å². The number of nitro benzene ring substituents is 1. The Morgan fingerprint density at radius 3 is 2.52 bits per heavy atom. The highest BCUT2D eigenvalue weighted by Gasteiger charge is 2.30. The van der Waals surface area contributed by atoms with Gasteiger partial charge < -0.3 is 4.90 Å². The maximum absolute atomic E-state index is 12.9. The maximum atomic E-state index is 12.9. The highest BCUT2D eigenvalue weighted by molar-refractivity contribution is 5.79. The Bertz CT molecular complexity index is 612. The van der Waals surface area contributed by atoms with E-state index in [1.54, 1.807) is 12.1 Å². The topological polar surface area (TPSA) is 66.7 Å². The monoisotopic (exact) mass is 345 g/mol. The van der Waals surface area contributed by atoms with Gasteiger partial charge in [0.05, 0.1) is 10.8 Å². The molecule has 2 aliphatic rings. The Balaban J connectivity index is 1.63. The molecule has 1 aromatic rings. The fraction of sp³-hybridized carbons (Fsp3) is 0.632. The number of para-hydroxylation sites is 1. The van der Waals surface area contributed by atoms with Gasteiger partial charge in [0.2, 0.25) is 5.91 Å². The number of amides is 1. The van der Waals surface area contributed by atoms with Crippen molar-refractivity contribution in [2.75, 3.05) is 26.2 Å². The van der Waals surface area contributed by atoms with Gasteiger partial charge in [0.15, 0.2) is 0 Å². The third kappa shape index (κ3) is 4.57. The van der Waals surface area contributed by atoms with Crippen molar-refractivity contribution < 1.29 is 9.72 Å². The van der Waals surface area contributed by atoms with Crippen molar-refractivity contribution in [2.24, 2.45) is 5.92 Å². The Kier molecular flexibility index (Phi) is 6.02. The van der Waals surface area contributed by atoms with Crippen LogP contribution in [0.2, 0.25) is 0 Å². The third-order valence-electron chi connectivity index (χ3n) is 5.35. The quantitative estimate of drug-likeness (QED) is 0.621. The molecule has 6 nitrogen and oxygen atoms in total. The number of carbonyl (C=O) groups is 1. The summed E-state index contributed by atoms with van der Waals surface area (Å²) in [6.07, 6.45) is 6.57. The highest BCUT2D eigenvalue weighted by atomic mass is 16.6. The molecule has 2 aliphatic heterocycles. The van der Waals surface area contributed by atoms with Gasteiger partial charge in [0, 0.05) is 37.8 Å². The molecule has 0 radical (unpaired) electrons. The Morgan fingerprint density at radius 1 is 1.08 bits per heavy atom. The van der Waals surface area contributed by atoms with Crippen molar-refractivity contribution in [3.63, 3.8) is 0 Å². The number of carbonyl (C=O) groups excluding carboxylic acids is 1. The highest BCUT2D eigenvalue weighted by Crippen LogP contribution is 2.25. The van der Waals surface area contributed by atoms with E-state index in [0.29, 0.717) is 13.1 Å². The van der Waals surface area contributed by atoms with E-state index in [-0.39, 0.29) is 22.4 Å². The molecule has 1 unspecified atom stereocenters. The summed E-state index contributed by atoms with van der Waals surface area (Å²) < 4.78 is 0. The van der Waals surface area contributed by atoms with Gasteiger partial charge in [-0.1, -0.05) is 31.0 Å². The zero-order valence-corrected chi connectivity index (χ0v) is 14.7. The van der Waals surface area contributed by atoms with Crippen molar-refractivity contribution in [3.8, 4) is 0 Å². The number of nitro groups is 1. The van der Waals surface area contributed by atoms with Crippen LogP contribution < -0.4 is 0 Å². The number of piperidine rings is 1. The van der Waals surface area contributed by atoms with E-state index in [0.717, 1.165) is 50.9 Å². The second-order valence-corrected chi connectivity index (χ2v) is 7.20. The van der Waals surface area contributed by atoms with E-state index in [4.69, 9.17) is 0 Å². The van der Waals surface area contributed by atoms with Gasteiger partial charge in [0.1, 0.15) is 0 Å². The van der Waals surface area contributed by atoms with Crippen LogP contribution in [0.4, 0.5) is 5.69 Å². The Labute approximate surface area is 148 Å². The summed E-state index contributed by atoms with van der Waals surface area (Å²) in [5.74, 6) is 0.323. The first-order valence-corrected chi connectivity index (χ1v) is 9.38. The lowest BCUT2D eigenvalue weighted by Crippen LogP contribution is -2.44. The Morgan fingerprint density at radius 2 is 1.80 bits per heavy atom. The van der Waals surface area contributed by atoms with Crippen LogP contribution in [0.3, 0.4) is 0 Å². The van der Waals surface area contributed by atoms with Crippen molar-refractivity contribution in [3.05, 3.63) is 39.9 Å². The summed E-state index contributed by atoms with van der Waals surface area (Å²) in [6.45, 7) is 3.93. The van der Waals surface area contributed by atoms with Crippen LogP contribution in [0, 0.1) is 16.0 Å². The van der Waals surface area contributed by atoms with Gasteiger partial charge in [-0.3, -0.25) is 19.8 Å². The van der Waals surface area contributed by atoms with E-state index in [1.165, 1.54) is 12.8 Å². The molecule has 0 bridgehead atoms. The minimum Gasteiger partial charge on any atom is -0.342 e. The summed E-state index contributed by atoms with van der Waals surface area (Å²) in [6, 6.07) is 6.91. The first kappa shape index (κ1) is 17.9. The lowest BCUT2D eigenvalue weighted by Gasteiger charge is -2.34.